The molecule has 23 heavy (non-hydrogen) atoms. The highest BCUT2D eigenvalue weighted by atomic mass is 19.4. The van der Waals surface area contributed by atoms with Crippen LogP contribution in [-0.2, 0) is 11.0 Å². The number of hydrogen-bond donors (Lipinski definition) is 2. The lowest BCUT2D eigenvalue weighted by Gasteiger charge is -2.07. The van der Waals surface area contributed by atoms with E-state index in [1.54, 1.807) is 29.4 Å². The van der Waals surface area contributed by atoms with Crippen molar-refractivity contribution in [1.29, 1.82) is 0 Å². The van der Waals surface area contributed by atoms with Crippen molar-refractivity contribution in [2.75, 3.05) is 18.5 Å². The van der Waals surface area contributed by atoms with Gasteiger partial charge >= 0.3 is 6.18 Å². The van der Waals surface area contributed by atoms with Gasteiger partial charge in [0.1, 0.15) is 11.5 Å². The van der Waals surface area contributed by atoms with E-state index in [9.17, 15) is 18.0 Å². The molecule has 0 unspecified atom stereocenters. The van der Waals surface area contributed by atoms with Crippen LogP contribution in [-0.4, -0.2) is 34.3 Å². The molecule has 0 bridgehead atoms. The third-order valence-corrected chi connectivity index (χ3v) is 2.51. The maximum atomic E-state index is 12.3. The molecule has 124 valence electrons. The summed E-state index contributed by atoms with van der Waals surface area (Å²) < 4.78 is 47.4. The number of anilines is 1. The monoisotopic (exact) mass is 330 g/mol. The Balaban J connectivity index is 1.84. The molecular weight excluding hydrogens is 317 g/mol. The number of aromatic nitrogens is 3. The Bertz CT molecular complexity index is 655. The van der Waals surface area contributed by atoms with E-state index in [2.05, 4.69) is 15.4 Å². The molecule has 2 aromatic rings. The number of carbonyl (C=O) groups is 1. The van der Waals surface area contributed by atoms with Gasteiger partial charge in [0.25, 0.3) is 5.91 Å². The summed E-state index contributed by atoms with van der Waals surface area (Å²) in [5.41, 5.74) is 0. The number of benzene rings is 1. The molecule has 10 heteroatoms. The van der Waals surface area contributed by atoms with E-state index in [1.165, 1.54) is 0 Å². The lowest BCUT2D eigenvalue weighted by molar-refractivity contribution is -0.144. The molecule has 1 heterocycles. The van der Waals surface area contributed by atoms with Crippen LogP contribution in [0.1, 0.15) is 12.7 Å². The minimum atomic E-state index is -4.66. The molecule has 0 fully saturated rings. The number of H-pyrrole nitrogens is 1. The number of aromatic amines is 1. The minimum Gasteiger partial charge on any atom is -0.494 e. The Morgan fingerprint density at radius 1 is 1.22 bits per heavy atom. The number of nitrogens with zero attached hydrogens (tertiary/aromatic N) is 2. The second kappa shape index (κ2) is 6.99. The van der Waals surface area contributed by atoms with Gasteiger partial charge in [0, 0.05) is 0 Å². The average molecular weight is 330 g/mol. The van der Waals surface area contributed by atoms with Gasteiger partial charge in [-0.2, -0.15) is 18.2 Å². The number of alkyl halides is 3. The second-order valence-corrected chi connectivity index (χ2v) is 4.25. The number of halogens is 3. The lowest BCUT2D eigenvalue weighted by atomic mass is 10.3. The maximum absolute atomic E-state index is 12.3. The van der Waals surface area contributed by atoms with Crippen LogP contribution in [0.2, 0.25) is 0 Å². The molecule has 0 radical (unpaired) electrons. The average Bonchev–Trinajstić information content (AvgIpc) is 2.95. The molecule has 1 amide bonds. The number of amides is 1. The summed E-state index contributed by atoms with van der Waals surface area (Å²) in [6.45, 7) is 1.98. The van der Waals surface area contributed by atoms with Gasteiger partial charge in [-0.3, -0.25) is 15.2 Å². The van der Waals surface area contributed by atoms with Gasteiger partial charge in [-0.25, -0.2) is 0 Å². The summed E-state index contributed by atoms with van der Waals surface area (Å²) in [5.74, 6) is -1.39. The number of carbonyl (C=O) groups excluding carboxylic acids is 1. The van der Waals surface area contributed by atoms with Crippen molar-refractivity contribution >= 4 is 11.9 Å². The zero-order chi connectivity index (χ0) is 16.9. The van der Waals surface area contributed by atoms with Crippen LogP contribution in [0.25, 0.3) is 0 Å². The van der Waals surface area contributed by atoms with Gasteiger partial charge in [-0.05, 0) is 31.2 Å². The van der Waals surface area contributed by atoms with Gasteiger partial charge < -0.3 is 9.47 Å². The van der Waals surface area contributed by atoms with Crippen molar-refractivity contribution in [1.82, 2.24) is 15.2 Å². The van der Waals surface area contributed by atoms with Crippen molar-refractivity contribution < 1.29 is 27.4 Å². The van der Waals surface area contributed by atoms with E-state index < -0.39 is 30.5 Å². The highest BCUT2D eigenvalue weighted by Gasteiger charge is 2.35. The molecule has 1 aromatic heterocycles. The van der Waals surface area contributed by atoms with E-state index in [4.69, 9.17) is 9.47 Å². The first kappa shape index (κ1) is 16.6. The first-order chi connectivity index (χ1) is 10.9. The smallest absolute Gasteiger partial charge is 0.451 e. The predicted molar refractivity (Wildman–Crippen MR) is 73.1 cm³/mol. The summed E-state index contributed by atoms with van der Waals surface area (Å²) in [7, 11) is 0. The normalized spacial score (nSPS) is 11.1. The molecule has 1 aromatic carbocycles. The zero-order valence-corrected chi connectivity index (χ0v) is 12.0. The van der Waals surface area contributed by atoms with E-state index in [-0.39, 0.29) is 0 Å². The van der Waals surface area contributed by atoms with E-state index in [0.717, 1.165) is 0 Å². The topological polar surface area (TPSA) is 89.1 Å². The van der Waals surface area contributed by atoms with Crippen LogP contribution in [0.15, 0.2) is 24.3 Å². The van der Waals surface area contributed by atoms with Crippen molar-refractivity contribution in [3.8, 4) is 11.5 Å². The van der Waals surface area contributed by atoms with Crippen LogP contribution in [0.3, 0.4) is 0 Å². The van der Waals surface area contributed by atoms with Crippen molar-refractivity contribution in [3.63, 3.8) is 0 Å². The SMILES string of the molecule is CCOc1ccc(OCC(=O)Nc2n[nH]c(C(F)(F)F)n2)cc1. The second-order valence-electron chi connectivity index (χ2n) is 4.25. The highest BCUT2D eigenvalue weighted by molar-refractivity contribution is 5.90. The molecule has 2 N–H and O–H groups in total. The summed E-state index contributed by atoms with van der Waals surface area (Å²) in [6, 6.07) is 6.54. The van der Waals surface area contributed by atoms with Gasteiger partial charge in [0.15, 0.2) is 6.61 Å². The highest BCUT2D eigenvalue weighted by Crippen LogP contribution is 2.26. The summed E-state index contributed by atoms with van der Waals surface area (Å²) in [6.07, 6.45) is -4.66. The quantitative estimate of drug-likeness (QED) is 0.848. The van der Waals surface area contributed by atoms with Crippen LogP contribution in [0, 0.1) is 0 Å². The number of nitrogens with one attached hydrogen (secondary N) is 2. The largest absolute Gasteiger partial charge is 0.494 e. The Morgan fingerprint density at radius 2 is 1.83 bits per heavy atom. The van der Waals surface area contributed by atoms with Gasteiger partial charge in [0.05, 0.1) is 6.61 Å². The molecule has 0 aliphatic carbocycles. The van der Waals surface area contributed by atoms with Crippen LogP contribution >= 0.6 is 0 Å². The molecule has 0 aliphatic rings. The van der Waals surface area contributed by atoms with Gasteiger partial charge in [-0.1, -0.05) is 0 Å². The fraction of sp³-hybridized carbons (Fsp3) is 0.308. The Labute approximate surface area is 128 Å². The lowest BCUT2D eigenvalue weighted by Crippen LogP contribution is -2.21. The minimum absolute atomic E-state index is 0.399. The van der Waals surface area contributed by atoms with Crippen LogP contribution in [0.5, 0.6) is 11.5 Å². The number of ether oxygens (including phenoxy) is 2. The van der Waals surface area contributed by atoms with Crippen molar-refractivity contribution in [2.45, 2.75) is 13.1 Å². The molecule has 0 atom stereocenters. The summed E-state index contributed by atoms with van der Waals surface area (Å²) in [5, 5.41) is 7.03. The van der Waals surface area contributed by atoms with E-state index >= 15 is 0 Å². The predicted octanol–water partition coefficient (Wildman–Crippen LogP) is 2.24. The Kier molecular flexibility index (Phi) is 5.04. The van der Waals surface area contributed by atoms with E-state index in [1.807, 2.05) is 6.92 Å². The fourth-order valence-corrected chi connectivity index (χ4v) is 1.55. The standard InChI is InChI=1S/C13H13F3N4O3/c1-2-22-8-3-5-9(6-4-8)23-7-10(21)17-12-18-11(19-20-12)13(14,15)16/h3-6H,2,7H2,1H3,(H2,17,18,19,20,21). The van der Waals surface area contributed by atoms with Gasteiger partial charge in [0.2, 0.25) is 11.8 Å². The molecule has 7 nitrogen and oxygen atoms in total. The first-order valence-electron chi connectivity index (χ1n) is 6.53. The fourth-order valence-electron chi connectivity index (χ4n) is 1.55. The van der Waals surface area contributed by atoms with E-state index in [0.29, 0.717) is 18.1 Å². The maximum Gasteiger partial charge on any atom is 0.451 e. The third-order valence-electron chi connectivity index (χ3n) is 2.51. The number of hydrogen-bond acceptors (Lipinski definition) is 5. The molecular formula is C13H13F3N4O3. The first-order valence-corrected chi connectivity index (χ1v) is 6.53. The molecule has 2 rings (SSSR count). The van der Waals surface area contributed by atoms with Crippen molar-refractivity contribution in [3.05, 3.63) is 30.1 Å². The van der Waals surface area contributed by atoms with Crippen LogP contribution in [0.4, 0.5) is 19.1 Å². The molecule has 0 saturated carbocycles. The number of rotatable bonds is 6. The summed E-state index contributed by atoms with van der Waals surface area (Å²) >= 11 is 0. The zero-order valence-electron chi connectivity index (χ0n) is 12.0. The van der Waals surface area contributed by atoms with Crippen LogP contribution < -0.4 is 14.8 Å². The Hall–Kier alpha value is -2.78. The molecule has 0 aliphatic heterocycles. The summed E-state index contributed by atoms with van der Waals surface area (Å²) in [4.78, 5) is 14.7. The Morgan fingerprint density at radius 3 is 2.35 bits per heavy atom. The van der Waals surface area contributed by atoms with Crippen molar-refractivity contribution in [2.24, 2.45) is 0 Å². The molecule has 0 saturated heterocycles. The molecule has 0 spiro atoms. The van der Waals surface area contributed by atoms with Gasteiger partial charge in [-0.15, -0.1) is 5.10 Å². The third kappa shape index (κ3) is 4.87.